The standard InChI is InChI=1S/C24H25F3N4O3/c25-24(26,27)18-6-1-4-17(14-18)20(15-21(32)33)31-13-12-30(23(31)34)11-3-7-19-9-8-16-5-2-10-28-22(16)29-19/h1,4,6,8-9,12-14,20H,2-3,5,7,10-11,15H2,(H,28,29)(H,32,33)/t20-/m0/s1. The number of carboxylic acid groups (broad SMARTS) is 1. The average Bonchev–Trinajstić information content (AvgIpc) is 3.17. The molecule has 4 rings (SSSR count). The summed E-state index contributed by atoms with van der Waals surface area (Å²) in [5.41, 5.74) is 0.863. The summed E-state index contributed by atoms with van der Waals surface area (Å²) in [6.07, 6.45) is 1.24. The van der Waals surface area contributed by atoms with Gasteiger partial charge in [-0.1, -0.05) is 18.2 Å². The summed E-state index contributed by atoms with van der Waals surface area (Å²) in [6, 6.07) is 7.43. The van der Waals surface area contributed by atoms with Crippen molar-refractivity contribution in [2.75, 3.05) is 11.9 Å². The zero-order valence-corrected chi connectivity index (χ0v) is 18.4. The molecule has 0 saturated heterocycles. The van der Waals surface area contributed by atoms with E-state index < -0.39 is 35.9 Å². The number of pyridine rings is 1. The van der Waals surface area contributed by atoms with Crippen LogP contribution in [0, 0.1) is 0 Å². The number of aromatic nitrogens is 3. The Labute approximate surface area is 193 Å². The molecule has 7 nitrogen and oxygen atoms in total. The number of imidazole rings is 1. The molecule has 2 aromatic heterocycles. The van der Waals surface area contributed by atoms with E-state index in [4.69, 9.17) is 0 Å². The molecule has 2 N–H and O–H groups in total. The Morgan fingerprint density at radius 1 is 1.21 bits per heavy atom. The molecule has 3 heterocycles. The first-order valence-electron chi connectivity index (χ1n) is 11.1. The summed E-state index contributed by atoms with van der Waals surface area (Å²) in [6.45, 7) is 1.27. The van der Waals surface area contributed by atoms with Gasteiger partial charge in [0.2, 0.25) is 0 Å². The molecule has 1 aliphatic heterocycles. The van der Waals surface area contributed by atoms with Gasteiger partial charge < -0.3 is 10.4 Å². The van der Waals surface area contributed by atoms with Crippen LogP contribution in [0.15, 0.2) is 53.6 Å². The van der Waals surface area contributed by atoms with Crippen LogP contribution < -0.4 is 11.0 Å². The molecule has 0 bridgehead atoms. The van der Waals surface area contributed by atoms with E-state index in [2.05, 4.69) is 16.4 Å². The van der Waals surface area contributed by atoms with Gasteiger partial charge >= 0.3 is 17.8 Å². The largest absolute Gasteiger partial charge is 0.481 e. The number of aliphatic carboxylic acids is 1. The fourth-order valence-electron chi connectivity index (χ4n) is 4.24. The number of fused-ring (bicyclic) bond motifs is 1. The van der Waals surface area contributed by atoms with Crippen LogP contribution in [0.1, 0.15) is 47.7 Å². The van der Waals surface area contributed by atoms with E-state index in [1.807, 2.05) is 6.07 Å². The molecule has 34 heavy (non-hydrogen) atoms. The quantitative estimate of drug-likeness (QED) is 0.513. The fraction of sp³-hybridized carbons (Fsp3) is 0.375. The zero-order valence-electron chi connectivity index (χ0n) is 18.4. The molecular weight excluding hydrogens is 449 g/mol. The minimum atomic E-state index is -4.57. The molecule has 0 unspecified atom stereocenters. The first-order valence-corrected chi connectivity index (χ1v) is 11.1. The molecular formula is C24H25F3N4O3. The van der Waals surface area contributed by atoms with Gasteiger partial charge in [-0.25, -0.2) is 9.78 Å². The Morgan fingerprint density at radius 2 is 2.03 bits per heavy atom. The van der Waals surface area contributed by atoms with E-state index in [0.29, 0.717) is 19.4 Å². The number of nitrogens with zero attached hydrogens (tertiary/aromatic N) is 3. The highest BCUT2D eigenvalue weighted by Crippen LogP contribution is 2.32. The summed E-state index contributed by atoms with van der Waals surface area (Å²) in [5, 5.41) is 12.6. The van der Waals surface area contributed by atoms with E-state index in [1.165, 1.54) is 39.2 Å². The number of hydrogen-bond donors (Lipinski definition) is 2. The lowest BCUT2D eigenvalue weighted by atomic mass is 10.0. The van der Waals surface area contributed by atoms with Crippen molar-refractivity contribution in [2.24, 2.45) is 0 Å². The zero-order chi connectivity index (χ0) is 24.3. The SMILES string of the molecule is O=C(O)C[C@@H](c1cccc(C(F)(F)F)c1)n1ccn(CCCc2ccc3c(n2)NCCC3)c1=O. The molecule has 3 aromatic rings. The summed E-state index contributed by atoms with van der Waals surface area (Å²) >= 11 is 0. The third kappa shape index (κ3) is 5.32. The predicted molar refractivity (Wildman–Crippen MR) is 120 cm³/mol. The molecule has 10 heteroatoms. The lowest BCUT2D eigenvalue weighted by Crippen LogP contribution is -2.29. The molecule has 0 fully saturated rings. The molecule has 1 aromatic carbocycles. The number of halogens is 3. The number of anilines is 1. The third-order valence-electron chi connectivity index (χ3n) is 5.96. The van der Waals surface area contributed by atoms with Gasteiger partial charge in [0.15, 0.2) is 0 Å². The van der Waals surface area contributed by atoms with Gasteiger partial charge in [-0.15, -0.1) is 0 Å². The van der Waals surface area contributed by atoms with Gasteiger partial charge in [-0.3, -0.25) is 13.9 Å². The lowest BCUT2D eigenvalue weighted by Gasteiger charge is -2.18. The second kappa shape index (κ2) is 9.74. The second-order valence-corrected chi connectivity index (χ2v) is 8.36. The minimum absolute atomic E-state index is 0.114. The van der Waals surface area contributed by atoms with Crippen LogP contribution in [-0.4, -0.2) is 31.7 Å². The average molecular weight is 474 g/mol. The number of aryl methyl sites for hydroxylation is 3. The second-order valence-electron chi connectivity index (χ2n) is 8.36. The molecule has 0 saturated carbocycles. The number of carbonyl (C=O) groups is 1. The van der Waals surface area contributed by atoms with Crippen molar-refractivity contribution in [3.63, 3.8) is 0 Å². The van der Waals surface area contributed by atoms with E-state index in [1.54, 1.807) is 0 Å². The topological polar surface area (TPSA) is 89.2 Å². The summed E-state index contributed by atoms with van der Waals surface area (Å²) in [5.74, 6) is -0.307. The predicted octanol–water partition coefficient (Wildman–Crippen LogP) is 4.12. The molecule has 0 aliphatic carbocycles. The normalized spacial score (nSPS) is 14.3. The van der Waals surface area contributed by atoms with E-state index in [-0.39, 0.29) is 5.56 Å². The number of nitrogens with one attached hydrogen (secondary N) is 1. The summed E-state index contributed by atoms with van der Waals surface area (Å²) < 4.78 is 42.1. The van der Waals surface area contributed by atoms with Crippen LogP contribution in [0.25, 0.3) is 0 Å². The van der Waals surface area contributed by atoms with E-state index >= 15 is 0 Å². The van der Waals surface area contributed by atoms with Gasteiger partial charge in [0.05, 0.1) is 18.0 Å². The highest BCUT2D eigenvalue weighted by molar-refractivity contribution is 5.68. The smallest absolute Gasteiger partial charge is 0.416 e. The Bertz CT molecular complexity index is 1230. The van der Waals surface area contributed by atoms with Crippen molar-refractivity contribution >= 4 is 11.8 Å². The summed E-state index contributed by atoms with van der Waals surface area (Å²) in [4.78, 5) is 29.0. The Hall–Kier alpha value is -3.56. The summed E-state index contributed by atoms with van der Waals surface area (Å²) in [7, 11) is 0. The van der Waals surface area contributed by atoms with Crippen LogP contribution >= 0.6 is 0 Å². The van der Waals surface area contributed by atoms with Gasteiger partial charge in [0.25, 0.3) is 0 Å². The van der Waals surface area contributed by atoms with Crippen molar-refractivity contribution in [3.8, 4) is 0 Å². The van der Waals surface area contributed by atoms with Crippen molar-refractivity contribution in [3.05, 3.63) is 81.7 Å². The highest BCUT2D eigenvalue weighted by atomic mass is 19.4. The van der Waals surface area contributed by atoms with Crippen LogP contribution in [0.2, 0.25) is 0 Å². The molecule has 1 aliphatic rings. The third-order valence-corrected chi connectivity index (χ3v) is 5.96. The van der Waals surface area contributed by atoms with E-state index in [0.717, 1.165) is 43.0 Å². The number of carboxylic acids is 1. The van der Waals surface area contributed by atoms with Crippen molar-refractivity contribution in [2.45, 2.75) is 50.9 Å². The van der Waals surface area contributed by atoms with E-state index in [9.17, 15) is 27.9 Å². The molecule has 0 amide bonds. The highest BCUT2D eigenvalue weighted by Gasteiger charge is 2.31. The van der Waals surface area contributed by atoms with Gasteiger partial charge in [-0.2, -0.15) is 13.2 Å². The van der Waals surface area contributed by atoms with Crippen LogP contribution in [0.5, 0.6) is 0 Å². The van der Waals surface area contributed by atoms with Gasteiger partial charge in [-0.05, 0) is 55.0 Å². The Balaban J connectivity index is 1.50. The van der Waals surface area contributed by atoms with Gasteiger partial charge in [0, 0.05) is 31.2 Å². The van der Waals surface area contributed by atoms with Crippen LogP contribution in [0.4, 0.5) is 19.0 Å². The van der Waals surface area contributed by atoms with Crippen molar-refractivity contribution in [1.82, 2.24) is 14.1 Å². The molecule has 0 radical (unpaired) electrons. The number of benzene rings is 1. The number of rotatable bonds is 8. The minimum Gasteiger partial charge on any atom is -0.481 e. The van der Waals surface area contributed by atoms with Crippen LogP contribution in [-0.2, 0) is 30.4 Å². The number of hydrogen-bond acceptors (Lipinski definition) is 4. The maximum absolute atomic E-state index is 13.2. The fourth-order valence-corrected chi connectivity index (χ4v) is 4.24. The van der Waals surface area contributed by atoms with Crippen molar-refractivity contribution in [1.29, 1.82) is 0 Å². The maximum atomic E-state index is 13.2. The van der Waals surface area contributed by atoms with Crippen LogP contribution in [0.3, 0.4) is 0 Å². The van der Waals surface area contributed by atoms with Crippen molar-refractivity contribution < 1.29 is 23.1 Å². The lowest BCUT2D eigenvalue weighted by molar-refractivity contribution is -0.138. The molecule has 180 valence electrons. The molecule has 1 atom stereocenters. The van der Waals surface area contributed by atoms with Gasteiger partial charge in [0.1, 0.15) is 5.82 Å². The first kappa shape index (κ1) is 23.6. The Morgan fingerprint density at radius 3 is 2.79 bits per heavy atom. The monoisotopic (exact) mass is 474 g/mol. The number of alkyl halides is 3. The Kier molecular flexibility index (Phi) is 6.76. The first-order chi connectivity index (χ1) is 16.2. The maximum Gasteiger partial charge on any atom is 0.416 e. The molecule has 0 spiro atoms.